The highest BCUT2D eigenvalue weighted by Gasteiger charge is 2.39. The van der Waals surface area contributed by atoms with E-state index in [9.17, 15) is 23.1 Å². The van der Waals surface area contributed by atoms with E-state index in [2.05, 4.69) is 10.5 Å². The normalized spacial score (nSPS) is 21.3. The quantitative estimate of drug-likeness (QED) is 0.374. The fraction of sp³-hybridized carbons (Fsp3) is 0.364. The summed E-state index contributed by atoms with van der Waals surface area (Å²) in [5.74, 6) is -3.12. The van der Waals surface area contributed by atoms with Crippen LogP contribution in [0.2, 0.25) is 0 Å². The van der Waals surface area contributed by atoms with Gasteiger partial charge in [0.25, 0.3) is 0 Å². The summed E-state index contributed by atoms with van der Waals surface area (Å²) in [6.45, 7) is -0.145. The molecule has 1 amide bonds. The molecule has 128 valence electrons. The van der Waals surface area contributed by atoms with E-state index in [0.29, 0.717) is 4.88 Å². The molecule has 1 aliphatic rings. The largest absolute Gasteiger partial charge is 0.490 e. The molecule has 1 aliphatic carbocycles. The van der Waals surface area contributed by atoms with Gasteiger partial charge in [0.15, 0.2) is 0 Å². The van der Waals surface area contributed by atoms with Crippen LogP contribution in [0, 0.1) is 0 Å². The first-order valence-corrected chi connectivity index (χ1v) is 6.78. The number of alkyl halides is 3. The molecule has 0 saturated carbocycles. The molecule has 1 aromatic heterocycles. The number of aliphatic hydroxyl groups is 1. The van der Waals surface area contributed by atoms with Crippen molar-refractivity contribution in [1.82, 2.24) is 5.32 Å². The first-order chi connectivity index (χ1) is 10.6. The molecule has 0 aromatic carbocycles. The van der Waals surface area contributed by atoms with Gasteiger partial charge in [-0.2, -0.15) is 13.2 Å². The van der Waals surface area contributed by atoms with Crippen LogP contribution < -0.4 is 11.1 Å². The second-order valence-electron chi connectivity index (χ2n) is 4.19. The summed E-state index contributed by atoms with van der Waals surface area (Å²) in [6.07, 6.45) is -6.11. The van der Waals surface area contributed by atoms with E-state index in [1.54, 1.807) is 6.07 Å². The van der Waals surface area contributed by atoms with Crippen molar-refractivity contribution in [1.29, 1.82) is 0 Å². The highest BCUT2D eigenvalue weighted by atomic mass is 32.1. The Morgan fingerprint density at radius 3 is 2.43 bits per heavy atom. The van der Waals surface area contributed by atoms with E-state index in [4.69, 9.17) is 20.8 Å². The van der Waals surface area contributed by atoms with Gasteiger partial charge in [0.1, 0.15) is 11.8 Å². The van der Waals surface area contributed by atoms with Crippen LogP contribution in [0.4, 0.5) is 13.2 Å². The molecule has 12 heteroatoms. The zero-order valence-corrected chi connectivity index (χ0v) is 12.1. The van der Waals surface area contributed by atoms with Gasteiger partial charge >= 0.3 is 12.1 Å². The summed E-state index contributed by atoms with van der Waals surface area (Å²) >= 11 is 1.35. The maximum absolute atomic E-state index is 11.2. The number of aliphatic carboxylic acids is 1. The monoisotopic (exact) mass is 355 g/mol. The number of aliphatic hydroxyl groups excluding tert-OH is 1. The maximum Gasteiger partial charge on any atom is 0.490 e. The summed E-state index contributed by atoms with van der Waals surface area (Å²) < 4.78 is 31.7. The number of carbonyl (C=O) groups is 2. The van der Waals surface area contributed by atoms with E-state index < -0.39 is 24.3 Å². The molecule has 2 rings (SSSR count). The second-order valence-corrected chi connectivity index (χ2v) is 5.10. The van der Waals surface area contributed by atoms with Crippen LogP contribution in [0.15, 0.2) is 16.6 Å². The summed E-state index contributed by atoms with van der Waals surface area (Å²) in [7, 11) is 0. The molecular formula is C11H12F3N3O5S. The van der Waals surface area contributed by atoms with Crippen molar-refractivity contribution >= 4 is 28.9 Å². The summed E-state index contributed by atoms with van der Waals surface area (Å²) in [5, 5.41) is 33.3. The third-order valence-corrected chi connectivity index (χ3v) is 3.66. The van der Waals surface area contributed by atoms with Crippen molar-refractivity contribution < 1.29 is 38.2 Å². The molecular weight excluding hydrogens is 343 g/mol. The smallest absolute Gasteiger partial charge is 0.475 e. The van der Waals surface area contributed by atoms with Gasteiger partial charge in [-0.25, -0.2) is 4.79 Å². The zero-order valence-electron chi connectivity index (χ0n) is 11.2. The van der Waals surface area contributed by atoms with Crippen LogP contribution in [0.5, 0.6) is 0 Å². The molecule has 0 unspecified atom stereocenters. The van der Waals surface area contributed by atoms with Crippen molar-refractivity contribution in [3.05, 3.63) is 21.9 Å². The molecule has 1 aromatic rings. The predicted octanol–water partition coefficient (Wildman–Crippen LogP) is 0.0502. The molecule has 0 aliphatic heterocycles. The van der Waals surface area contributed by atoms with Crippen LogP contribution in [0.1, 0.15) is 16.5 Å². The Hall–Kier alpha value is -2.18. The Morgan fingerprint density at radius 2 is 2.00 bits per heavy atom. The number of nitrogens with one attached hydrogen (secondary N) is 1. The molecule has 6 N–H and O–H groups in total. The number of halogens is 3. The number of carboxylic acid groups (broad SMARTS) is 1. The lowest BCUT2D eigenvalue weighted by atomic mass is 10.1. The zero-order chi connectivity index (χ0) is 17.8. The predicted molar refractivity (Wildman–Crippen MR) is 72.3 cm³/mol. The minimum Gasteiger partial charge on any atom is -0.475 e. The van der Waals surface area contributed by atoms with E-state index in [1.165, 1.54) is 11.3 Å². The van der Waals surface area contributed by atoms with Crippen LogP contribution in [-0.4, -0.2) is 51.8 Å². The first kappa shape index (κ1) is 18.9. The lowest BCUT2D eigenvalue weighted by Crippen LogP contribution is -2.38. The average Bonchev–Trinajstić information content (AvgIpc) is 3.01. The lowest BCUT2D eigenvalue weighted by molar-refractivity contribution is -0.192. The number of hydrogen-bond acceptors (Lipinski definition) is 7. The van der Waals surface area contributed by atoms with Crippen LogP contribution in [0.25, 0.3) is 0 Å². The summed E-state index contributed by atoms with van der Waals surface area (Å²) in [5.41, 5.74) is 6.13. The van der Waals surface area contributed by atoms with Gasteiger partial charge in [0.2, 0.25) is 5.91 Å². The van der Waals surface area contributed by atoms with Gasteiger partial charge in [-0.05, 0) is 17.0 Å². The van der Waals surface area contributed by atoms with Crippen molar-refractivity contribution in [3.8, 4) is 0 Å². The van der Waals surface area contributed by atoms with E-state index in [0.717, 1.165) is 5.56 Å². The Kier molecular flexibility index (Phi) is 6.06. The van der Waals surface area contributed by atoms with Gasteiger partial charge in [-0.3, -0.25) is 4.79 Å². The molecule has 1 heterocycles. The molecule has 8 nitrogen and oxygen atoms in total. The Balaban J connectivity index is 0.000000322. The van der Waals surface area contributed by atoms with Gasteiger partial charge in [0, 0.05) is 0 Å². The van der Waals surface area contributed by atoms with Crippen LogP contribution >= 0.6 is 11.3 Å². The molecule has 0 saturated heterocycles. The SMILES string of the molecule is NCC(=O)N[C@H]1c2ccsc2/C(=N/O)[C@H]1O.O=C(O)C(F)(F)F. The number of hydrogen-bond donors (Lipinski definition) is 5. The fourth-order valence-corrected chi connectivity index (χ4v) is 2.69. The Labute approximate surface area is 131 Å². The number of carboxylic acids is 1. The third kappa shape index (κ3) is 4.40. The number of rotatable bonds is 2. The number of oxime groups is 1. The molecule has 0 bridgehead atoms. The fourth-order valence-electron chi connectivity index (χ4n) is 1.73. The van der Waals surface area contributed by atoms with Crippen molar-refractivity contribution in [3.63, 3.8) is 0 Å². The van der Waals surface area contributed by atoms with Crippen LogP contribution in [-0.2, 0) is 9.59 Å². The summed E-state index contributed by atoms with van der Waals surface area (Å²) in [4.78, 5) is 20.8. The van der Waals surface area contributed by atoms with Crippen molar-refractivity contribution in [2.24, 2.45) is 10.9 Å². The highest BCUT2D eigenvalue weighted by Crippen LogP contribution is 2.35. The number of nitrogens with two attached hydrogens (primary N) is 1. The topological polar surface area (TPSA) is 145 Å². The first-order valence-electron chi connectivity index (χ1n) is 5.90. The standard InChI is InChI=1S/C9H11N3O3S.C2HF3O2/c10-3-5(13)11-6-4-1-2-16-9(4)7(12-15)8(6)14;3-2(4,5)1(6)7/h1-2,6,8,14-15H,3,10H2,(H,11,13);(H,6,7)/b12-7+;/t6-,8-;/m0./s1. The molecule has 0 fully saturated rings. The van der Waals surface area contributed by atoms with Crippen molar-refractivity contribution in [2.45, 2.75) is 18.3 Å². The highest BCUT2D eigenvalue weighted by molar-refractivity contribution is 7.12. The van der Waals surface area contributed by atoms with E-state index in [1.807, 2.05) is 5.38 Å². The minimum atomic E-state index is -5.08. The average molecular weight is 355 g/mol. The second kappa shape index (κ2) is 7.39. The van der Waals surface area contributed by atoms with E-state index >= 15 is 0 Å². The third-order valence-electron chi connectivity index (χ3n) is 2.71. The number of nitrogens with zero attached hydrogens (tertiary/aromatic N) is 1. The number of amides is 1. The Bertz CT molecular complexity index is 616. The van der Waals surface area contributed by atoms with Crippen molar-refractivity contribution in [2.75, 3.05) is 6.54 Å². The van der Waals surface area contributed by atoms with Gasteiger partial charge < -0.3 is 26.5 Å². The summed E-state index contributed by atoms with van der Waals surface area (Å²) in [6, 6.07) is 1.20. The molecule has 0 radical (unpaired) electrons. The van der Waals surface area contributed by atoms with E-state index in [-0.39, 0.29) is 18.2 Å². The molecule has 23 heavy (non-hydrogen) atoms. The van der Waals surface area contributed by atoms with Gasteiger partial charge in [-0.15, -0.1) is 11.3 Å². The number of carbonyl (C=O) groups excluding carboxylic acids is 1. The number of fused-ring (bicyclic) bond motifs is 1. The Morgan fingerprint density at radius 1 is 1.43 bits per heavy atom. The molecule has 0 spiro atoms. The number of thiophene rings is 1. The van der Waals surface area contributed by atoms with Crippen LogP contribution in [0.3, 0.4) is 0 Å². The van der Waals surface area contributed by atoms with Gasteiger partial charge in [0.05, 0.1) is 17.5 Å². The maximum atomic E-state index is 11.2. The van der Waals surface area contributed by atoms with Gasteiger partial charge in [-0.1, -0.05) is 5.16 Å². The molecule has 2 atom stereocenters. The lowest BCUT2D eigenvalue weighted by Gasteiger charge is -2.16. The minimum absolute atomic E-state index is 0.145.